The molecule has 0 bridgehead atoms. The van der Waals surface area contributed by atoms with Crippen LogP contribution in [0.4, 0.5) is 0 Å². The van der Waals surface area contributed by atoms with Crippen LogP contribution >= 0.6 is 0 Å². The molecule has 0 spiro atoms. The Bertz CT molecular complexity index is 1110. The molecule has 1 aliphatic heterocycles. The van der Waals surface area contributed by atoms with Crippen molar-refractivity contribution in [2.24, 2.45) is 11.3 Å². The Labute approximate surface area is 227 Å². The van der Waals surface area contributed by atoms with E-state index < -0.39 is 5.41 Å². The predicted molar refractivity (Wildman–Crippen MR) is 148 cm³/mol. The Morgan fingerprint density at radius 1 is 1.11 bits per heavy atom. The lowest BCUT2D eigenvalue weighted by atomic mass is 9.66. The molecule has 1 fully saturated rings. The number of benzene rings is 1. The van der Waals surface area contributed by atoms with Crippen molar-refractivity contribution in [3.63, 3.8) is 0 Å². The third-order valence-corrected chi connectivity index (χ3v) is 7.79. The van der Waals surface area contributed by atoms with Gasteiger partial charge in [0.05, 0.1) is 32.5 Å². The minimum absolute atomic E-state index is 0.0854. The Hall–Kier alpha value is -2.90. The largest absolute Gasteiger partial charge is 0.500 e. The maximum absolute atomic E-state index is 13.3. The molecule has 0 N–H and O–H groups in total. The van der Waals surface area contributed by atoms with Gasteiger partial charge >= 0.3 is 5.97 Å². The third-order valence-electron chi connectivity index (χ3n) is 7.79. The van der Waals surface area contributed by atoms with Crippen LogP contribution in [-0.2, 0) is 19.0 Å². The summed E-state index contributed by atoms with van der Waals surface area (Å²) in [7, 11) is 1.60. The number of hydrogen-bond acceptors (Lipinski definition) is 7. The van der Waals surface area contributed by atoms with E-state index in [1.165, 1.54) is 0 Å². The molecule has 1 aromatic rings. The Morgan fingerprint density at radius 2 is 1.74 bits per heavy atom. The van der Waals surface area contributed by atoms with Crippen molar-refractivity contribution < 1.29 is 28.5 Å². The lowest BCUT2D eigenvalue weighted by Gasteiger charge is -2.40. The average molecular weight is 526 g/mol. The fourth-order valence-corrected chi connectivity index (χ4v) is 5.34. The zero-order valence-corrected chi connectivity index (χ0v) is 24.2. The summed E-state index contributed by atoms with van der Waals surface area (Å²) in [6.07, 6.45) is 3.52. The van der Waals surface area contributed by atoms with E-state index in [-0.39, 0.29) is 17.7 Å². The van der Waals surface area contributed by atoms with Crippen LogP contribution in [-0.4, -0.2) is 69.8 Å². The number of esters is 1. The van der Waals surface area contributed by atoms with Gasteiger partial charge in [-0.1, -0.05) is 25.5 Å². The molecule has 1 atom stereocenters. The molecule has 0 radical (unpaired) electrons. The number of hydrogen-bond donors (Lipinski definition) is 0. The molecule has 1 aromatic carbocycles. The van der Waals surface area contributed by atoms with Crippen LogP contribution in [0.1, 0.15) is 56.1 Å². The molecule has 3 rings (SSSR count). The van der Waals surface area contributed by atoms with E-state index in [9.17, 15) is 9.59 Å². The number of morpholine rings is 1. The minimum atomic E-state index is -0.451. The van der Waals surface area contributed by atoms with Gasteiger partial charge in [-0.2, -0.15) is 0 Å². The molecule has 0 saturated carbocycles. The molecule has 0 aromatic heterocycles. The fraction of sp³-hybridized carbons (Fsp3) is 0.548. The van der Waals surface area contributed by atoms with E-state index in [0.717, 1.165) is 60.9 Å². The highest BCUT2D eigenvalue weighted by molar-refractivity contribution is 6.05. The normalized spacial score (nSPS) is 20.2. The number of aryl methyl sites for hydroxylation is 2. The van der Waals surface area contributed by atoms with Gasteiger partial charge in [0, 0.05) is 36.7 Å². The Kier molecular flexibility index (Phi) is 9.96. The maximum Gasteiger partial charge on any atom is 0.338 e. The first-order valence-corrected chi connectivity index (χ1v) is 13.4. The number of ketones is 1. The highest BCUT2D eigenvalue weighted by Gasteiger charge is 2.42. The van der Waals surface area contributed by atoms with Gasteiger partial charge in [-0.05, 0) is 69.4 Å². The zero-order chi connectivity index (χ0) is 28.0. The van der Waals surface area contributed by atoms with Crippen molar-refractivity contribution in [3.8, 4) is 5.75 Å². The maximum atomic E-state index is 13.3. The molecular formula is C31H43NO6. The van der Waals surface area contributed by atoms with Crippen LogP contribution in [0.2, 0.25) is 0 Å². The van der Waals surface area contributed by atoms with Crippen LogP contribution in [0.25, 0.3) is 0 Å². The lowest BCUT2D eigenvalue weighted by Crippen LogP contribution is -2.38. The molecule has 1 aliphatic carbocycles. The quantitative estimate of drug-likeness (QED) is 0.236. The summed E-state index contributed by atoms with van der Waals surface area (Å²) in [4.78, 5) is 28.3. The zero-order valence-electron chi connectivity index (χ0n) is 24.2. The summed E-state index contributed by atoms with van der Waals surface area (Å²) >= 11 is 0. The van der Waals surface area contributed by atoms with E-state index in [4.69, 9.17) is 18.9 Å². The summed E-state index contributed by atoms with van der Waals surface area (Å²) in [5, 5.41) is 0. The number of carbonyl (C=O) groups excluding carboxylic acids is 2. The standard InChI is InChI=1S/C31H43NO6/c1-9-37-30(34)27-22(4)29(35-8)25(31(6,7)23(27)5)10-11-26(33)24-18-20(2)28(21(3)19-24)38-17-14-32-12-15-36-16-13-32/h10-11,18-19,25H,9,12-17H2,1-8H3. The molecule has 0 amide bonds. The fourth-order valence-electron chi connectivity index (χ4n) is 5.34. The van der Waals surface area contributed by atoms with Crippen molar-refractivity contribution >= 4 is 11.8 Å². The number of nitrogens with zero attached hydrogens (tertiary/aromatic N) is 1. The number of methoxy groups -OCH3 is 1. The molecule has 208 valence electrons. The SMILES string of the molecule is CCOC(=O)C1=C(C)C(C)(C)C(C=CC(=O)c2cc(C)c(OCCN3CCOCC3)c(C)c2)C(OC)=C1C. The van der Waals surface area contributed by atoms with Crippen molar-refractivity contribution in [2.45, 2.75) is 48.5 Å². The van der Waals surface area contributed by atoms with Gasteiger partial charge < -0.3 is 18.9 Å². The van der Waals surface area contributed by atoms with Crippen LogP contribution < -0.4 is 4.74 Å². The molecule has 1 heterocycles. The molecule has 1 saturated heterocycles. The molecule has 7 nitrogen and oxygen atoms in total. The summed E-state index contributed by atoms with van der Waals surface area (Å²) < 4.78 is 22.6. The van der Waals surface area contributed by atoms with Gasteiger partial charge in [-0.25, -0.2) is 4.79 Å². The first kappa shape index (κ1) is 29.7. The van der Waals surface area contributed by atoms with E-state index in [0.29, 0.717) is 30.1 Å². The van der Waals surface area contributed by atoms with Crippen molar-refractivity contribution in [1.82, 2.24) is 4.90 Å². The molecular weight excluding hydrogens is 482 g/mol. The average Bonchev–Trinajstić information content (AvgIpc) is 2.87. The van der Waals surface area contributed by atoms with E-state index >= 15 is 0 Å². The number of allylic oxidation sites excluding steroid dienone is 3. The molecule has 7 heteroatoms. The van der Waals surface area contributed by atoms with Gasteiger partial charge in [0.15, 0.2) is 5.78 Å². The number of rotatable bonds is 10. The van der Waals surface area contributed by atoms with Gasteiger partial charge in [-0.3, -0.25) is 9.69 Å². The van der Waals surface area contributed by atoms with E-state index in [2.05, 4.69) is 18.7 Å². The van der Waals surface area contributed by atoms with Crippen LogP contribution in [0.15, 0.2) is 46.8 Å². The number of ether oxygens (including phenoxy) is 4. The Morgan fingerprint density at radius 3 is 2.32 bits per heavy atom. The van der Waals surface area contributed by atoms with Gasteiger partial charge in [0.2, 0.25) is 0 Å². The van der Waals surface area contributed by atoms with Crippen LogP contribution in [0.5, 0.6) is 5.75 Å². The Balaban J connectivity index is 1.78. The summed E-state index contributed by atoms with van der Waals surface area (Å²) in [5.41, 5.74) is 4.26. The highest BCUT2D eigenvalue weighted by Crippen LogP contribution is 2.48. The van der Waals surface area contributed by atoms with E-state index in [1.54, 1.807) is 20.1 Å². The second kappa shape index (κ2) is 12.8. The topological polar surface area (TPSA) is 74.3 Å². The summed E-state index contributed by atoms with van der Waals surface area (Å²) in [6, 6.07) is 3.77. The van der Waals surface area contributed by atoms with E-state index in [1.807, 2.05) is 45.9 Å². The second-order valence-electron chi connectivity index (χ2n) is 10.6. The van der Waals surface area contributed by atoms with Gasteiger partial charge in [-0.15, -0.1) is 0 Å². The first-order valence-electron chi connectivity index (χ1n) is 13.4. The van der Waals surface area contributed by atoms with Crippen molar-refractivity contribution in [2.75, 3.05) is 53.2 Å². The van der Waals surface area contributed by atoms with Crippen LogP contribution in [0.3, 0.4) is 0 Å². The smallest absolute Gasteiger partial charge is 0.338 e. The van der Waals surface area contributed by atoms with Crippen molar-refractivity contribution in [3.05, 3.63) is 63.5 Å². The minimum Gasteiger partial charge on any atom is -0.500 e. The highest BCUT2D eigenvalue weighted by atomic mass is 16.5. The molecule has 2 aliphatic rings. The lowest BCUT2D eigenvalue weighted by molar-refractivity contribution is -0.138. The first-order chi connectivity index (χ1) is 18.0. The second-order valence-corrected chi connectivity index (χ2v) is 10.6. The van der Waals surface area contributed by atoms with Gasteiger partial charge in [0.25, 0.3) is 0 Å². The predicted octanol–water partition coefficient (Wildman–Crippen LogP) is 5.21. The molecule has 1 unspecified atom stereocenters. The van der Waals surface area contributed by atoms with Gasteiger partial charge in [0.1, 0.15) is 18.1 Å². The van der Waals surface area contributed by atoms with Crippen molar-refractivity contribution in [1.29, 1.82) is 0 Å². The summed E-state index contributed by atoms with van der Waals surface area (Å²) in [5.74, 6) is 0.864. The molecule has 38 heavy (non-hydrogen) atoms. The number of carbonyl (C=O) groups is 2. The summed E-state index contributed by atoms with van der Waals surface area (Å²) in [6.45, 7) is 18.8. The van der Waals surface area contributed by atoms with Crippen LogP contribution in [0, 0.1) is 25.2 Å². The monoisotopic (exact) mass is 525 g/mol. The third kappa shape index (κ3) is 6.38.